The second-order valence-corrected chi connectivity index (χ2v) is 7.79. The van der Waals surface area contributed by atoms with E-state index in [1.807, 2.05) is 24.3 Å². The van der Waals surface area contributed by atoms with Crippen LogP contribution in [0.3, 0.4) is 0 Å². The van der Waals surface area contributed by atoms with E-state index >= 15 is 0 Å². The molecule has 4 nitrogen and oxygen atoms in total. The first-order valence-electron chi connectivity index (χ1n) is 9.19. The van der Waals surface area contributed by atoms with Gasteiger partial charge in [-0.1, -0.05) is 32.4 Å². The van der Waals surface area contributed by atoms with Crippen LogP contribution in [0.25, 0.3) is 11.0 Å². The lowest BCUT2D eigenvalue weighted by Gasteiger charge is -2.22. The average molecular weight is 386 g/mol. The summed E-state index contributed by atoms with van der Waals surface area (Å²) in [5.74, 6) is 1.45. The Hall–Kier alpha value is -2.34. The number of hydrogen-bond acceptors (Lipinski definition) is 3. The summed E-state index contributed by atoms with van der Waals surface area (Å²) in [5.41, 5.74) is 1.88. The van der Waals surface area contributed by atoms with E-state index in [0.29, 0.717) is 12.2 Å². The molecular weight excluding hydrogens is 361 g/mol. The largest absolute Gasteiger partial charge is 0.346 e. The maximum absolute atomic E-state index is 12.9. The number of imidazole rings is 1. The molecule has 0 radical (unpaired) electrons. The number of aromatic amines is 1. The fraction of sp³-hybridized carbons (Fsp3) is 0.333. The van der Waals surface area contributed by atoms with Crippen molar-refractivity contribution in [1.29, 1.82) is 0 Å². The molecular formula is C21H24FN3OS. The van der Waals surface area contributed by atoms with Gasteiger partial charge in [0.15, 0.2) is 0 Å². The molecule has 142 valence electrons. The van der Waals surface area contributed by atoms with Crippen LogP contribution in [0.5, 0.6) is 0 Å². The molecule has 0 aliphatic rings. The minimum atomic E-state index is -0.251. The molecule has 0 aliphatic heterocycles. The van der Waals surface area contributed by atoms with Gasteiger partial charge in [-0.2, -0.15) is 0 Å². The number of rotatable bonds is 8. The van der Waals surface area contributed by atoms with Crippen LogP contribution in [0.1, 0.15) is 38.6 Å². The average Bonchev–Trinajstić information content (AvgIpc) is 3.11. The van der Waals surface area contributed by atoms with Crippen LogP contribution < -0.4 is 5.32 Å². The van der Waals surface area contributed by atoms with Gasteiger partial charge < -0.3 is 10.3 Å². The number of H-pyrrole nitrogens is 1. The van der Waals surface area contributed by atoms with Crippen molar-refractivity contribution in [2.45, 2.75) is 37.6 Å². The van der Waals surface area contributed by atoms with Gasteiger partial charge in [-0.05, 0) is 42.3 Å². The molecule has 0 spiro atoms. The van der Waals surface area contributed by atoms with Gasteiger partial charge in [-0.15, -0.1) is 11.8 Å². The molecule has 0 fully saturated rings. The van der Waals surface area contributed by atoms with Crippen molar-refractivity contribution in [3.63, 3.8) is 0 Å². The number of carbonyl (C=O) groups is 1. The van der Waals surface area contributed by atoms with E-state index in [-0.39, 0.29) is 23.7 Å². The maximum Gasteiger partial charge on any atom is 0.221 e. The summed E-state index contributed by atoms with van der Waals surface area (Å²) < 4.78 is 12.9. The summed E-state index contributed by atoms with van der Waals surface area (Å²) in [6.07, 6.45) is 1.33. The topological polar surface area (TPSA) is 57.8 Å². The summed E-state index contributed by atoms with van der Waals surface area (Å²) in [7, 11) is 0. The van der Waals surface area contributed by atoms with E-state index in [0.717, 1.165) is 28.2 Å². The highest BCUT2D eigenvalue weighted by Crippen LogP contribution is 2.25. The number of hydrogen-bond donors (Lipinski definition) is 2. The fourth-order valence-electron chi connectivity index (χ4n) is 2.87. The molecule has 1 heterocycles. The van der Waals surface area contributed by atoms with Gasteiger partial charge in [0.2, 0.25) is 5.91 Å². The molecule has 1 amide bonds. The molecule has 3 aromatic rings. The third kappa shape index (κ3) is 5.10. The summed E-state index contributed by atoms with van der Waals surface area (Å²) >= 11 is 1.55. The number of benzene rings is 2. The SMILES string of the molecule is CC[C@@H](C)[C@H](NC(=O)CCSc1ccc(F)cc1)c1nc2ccccc2[nH]1. The molecule has 2 aromatic carbocycles. The molecule has 0 unspecified atom stereocenters. The summed E-state index contributed by atoms with van der Waals surface area (Å²) in [4.78, 5) is 21.4. The zero-order valence-electron chi connectivity index (χ0n) is 15.5. The van der Waals surface area contributed by atoms with E-state index in [4.69, 9.17) is 0 Å². The van der Waals surface area contributed by atoms with Gasteiger partial charge in [0.05, 0.1) is 17.1 Å². The first kappa shape index (κ1) is 19.4. The van der Waals surface area contributed by atoms with Crippen molar-refractivity contribution in [2.24, 2.45) is 5.92 Å². The van der Waals surface area contributed by atoms with Gasteiger partial charge in [0.1, 0.15) is 11.6 Å². The molecule has 0 bridgehead atoms. The smallest absolute Gasteiger partial charge is 0.221 e. The Bertz CT molecular complexity index is 861. The standard InChI is InChI=1S/C21H24FN3OS/c1-3-14(2)20(21-23-17-6-4-5-7-18(17)24-21)25-19(26)12-13-27-16-10-8-15(22)9-11-16/h4-11,14,20H,3,12-13H2,1-2H3,(H,23,24)(H,25,26)/t14-,20+/m1/s1. The lowest BCUT2D eigenvalue weighted by Crippen LogP contribution is -2.33. The van der Waals surface area contributed by atoms with Crippen LogP contribution in [0, 0.1) is 11.7 Å². The Morgan fingerprint density at radius 2 is 1.96 bits per heavy atom. The van der Waals surface area contributed by atoms with Crippen molar-refractivity contribution < 1.29 is 9.18 Å². The first-order valence-corrected chi connectivity index (χ1v) is 10.2. The van der Waals surface area contributed by atoms with Crippen LogP contribution in [-0.2, 0) is 4.79 Å². The summed E-state index contributed by atoms with van der Waals surface area (Å²) in [6, 6.07) is 14.1. The number of fused-ring (bicyclic) bond motifs is 1. The van der Waals surface area contributed by atoms with Crippen molar-refractivity contribution in [1.82, 2.24) is 15.3 Å². The molecule has 1 aromatic heterocycles. The first-order chi connectivity index (χ1) is 13.1. The Labute approximate surface area is 163 Å². The van der Waals surface area contributed by atoms with Crippen LogP contribution in [-0.4, -0.2) is 21.6 Å². The number of nitrogens with one attached hydrogen (secondary N) is 2. The number of aromatic nitrogens is 2. The van der Waals surface area contributed by atoms with Gasteiger partial charge in [-0.3, -0.25) is 4.79 Å². The lowest BCUT2D eigenvalue weighted by molar-refractivity contribution is -0.121. The molecule has 0 aliphatic carbocycles. The Kier molecular flexibility index (Phi) is 6.50. The van der Waals surface area contributed by atoms with E-state index < -0.39 is 0 Å². The molecule has 0 saturated heterocycles. The van der Waals surface area contributed by atoms with Crippen LogP contribution >= 0.6 is 11.8 Å². The van der Waals surface area contributed by atoms with Crippen LogP contribution in [0.15, 0.2) is 53.4 Å². The van der Waals surface area contributed by atoms with Crippen molar-refractivity contribution >= 4 is 28.7 Å². The van der Waals surface area contributed by atoms with E-state index in [1.54, 1.807) is 23.9 Å². The fourth-order valence-corrected chi connectivity index (χ4v) is 3.73. The van der Waals surface area contributed by atoms with E-state index in [1.165, 1.54) is 12.1 Å². The molecule has 2 N–H and O–H groups in total. The molecule has 27 heavy (non-hydrogen) atoms. The normalized spacial score (nSPS) is 13.4. The third-order valence-electron chi connectivity index (χ3n) is 4.64. The van der Waals surface area contributed by atoms with Gasteiger partial charge >= 0.3 is 0 Å². The number of carbonyl (C=O) groups excluding carboxylic acids is 1. The quantitative estimate of drug-likeness (QED) is 0.531. The summed E-state index contributed by atoms with van der Waals surface area (Å²) in [5, 5.41) is 3.13. The predicted molar refractivity (Wildman–Crippen MR) is 108 cm³/mol. The molecule has 0 saturated carbocycles. The van der Waals surface area contributed by atoms with Gasteiger partial charge in [0, 0.05) is 17.1 Å². The van der Waals surface area contributed by atoms with E-state index in [9.17, 15) is 9.18 Å². The molecule has 6 heteroatoms. The number of nitrogens with zero attached hydrogens (tertiary/aromatic N) is 1. The number of amides is 1. The molecule has 2 atom stereocenters. The Balaban J connectivity index is 1.61. The zero-order chi connectivity index (χ0) is 19.2. The van der Waals surface area contributed by atoms with E-state index in [2.05, 4.69) is 29.1 Å². The predicted octanol–water partition coefficient (Wildman–Crippen LogP) is 5.09. The van der Waals surface area contributed by atoms with Crippen LogP contribution in [0.2, 0.25) is 0 Å². The van der Waals surface area contributed by atoms with Gasteiger partial charge in [-0.25, -0.2) is 9.37 Å². The zero-order valence-corrected chi connectivity index (χ0v) is 16.4. The highest BCUT2D eigenvalue weighted by atomic mass is 32.2. The third-order valence-corrected chi connectivity index (χ3v) is 5.66. The number of halogens is 1. The van der Waals surface area contributed by atoms with Crippen molar-refractivity contribution in [2.75, 3.05) is 5.75 Å². The highest BCUT2D eigenvalue weighted by Gasteiger charge is 2.23. The molecule has 3 rings (SSSR count). The second-order valence-electron chi connectivity index (χ2n) is 6.62. The number of thioether (sulfide) groups is 1. The minimum absolute atomic E-state index is 0.00429. The number of para-hydroxylation sites is 2. The lowest BCUT2D eigenvalue weighted by atomic mass is 9.98. The maximum atomic E-state index is 12.9. The minimum Gasteiger partial charge on any atom is -0.346 e. The monoisotopic (exact) mass is 385 g/mol. The summed E-state index contributed by atoms with van der Waals surface area (Å²) in [6.45, 7) is 4.22. The van der Waals surface area contributed by atoms with Crippen molar-refractivity contribution in [3.05, 3.63) is 60.2 Å². The Morgan fingerprint density at radius 3 is 2.67 bits per heavy atom. The second kappa shape index (κ2) is 9.04. The van der Waals surface area contributed by atoms with Crippen LogP contribution in [0.4, 0.5) is 4.39 Å². The van der Waals surface area contributed by atoms with Crippen molar-refractivity contribution in [3.8, 4) is 0 Å². The Morgan fingerprint density at radius 1 is 1.22 bits per heavy atom. The van der Waals surface area contributed by atoms with Gasteiger partial charge in [0.25, 0.3) is 0 Å². The highest BCUT2D eigenvalue weighted by molar-refractivity contribution is 7.99.